The highest BCUT2D eigenvalue weighted by Crippen LogP contribution is 2.38. The van der Waals surface area contributed by atoms with E-state index in [0.717, 1.165) is 23.1 Å². The van der Waals surface area contributed by atoms with Gasteiger partial charge in [0.15, 0.2) is 0 Å². The zero-order valence-electron chi connectivity index (χ0n) is 24.3. The van der Waals surface area contributed by atoms with Crippen LogP contribution in [0.5, 0.6) is 0 Å². The minimum Gasteiger partial charge on any atom is -0.395 e. The lowest BCUT2D eigenvalue weighted by Crippen LogP contribution is -2.35. The van der Waals surface area contributed by atoms with Gasteiger partial charge in [0.2, 0.25) is 5.91 Å². The maximum absolute atomic E-state index is 15.1. The van der Waals surface area contributed by atoms with Crippen molar-refractivity contribution in [1.29, 1.82) is 0 Å². The molecule has 0 spiro atoms. The van der Waals surface area contributed by atoms with Crippen LogP contribution >= 0.6 is 11.6 Å². The first-order valence-corrected chi connectivity index (χ1v) is 14.8. The molecule has 228 valence electrons. The van der Waals surface area contributed by atoms with Gasteiger partial charge in [-0.2, -0.15) is 0 Å². The SMILES string of the molecule is Cc1c(NC(=O)c2ccc(CNCCO)cn2)cccc1-c1ccnc(-c2ccc(CNC[C@H]3CCC(=O)N3)c(F)c2)c1Cl. The summed E-state index contributed by atoms with van der Waals surface area (Å²) >= 11 is 6.88. The molecule has 0 saturated carbocycles. The van der Waals surface area contributed by atoms with Gasteiger partial charge in [0.25, 0.3) is 5.91 Å². The Morgan fingerprint density at radius 1 is 1.09 bits per heavy atom. The number of amides is 2. The Bertz CT molecular complexity index is 1650. The summed E-state index contributed by atoms with van der Waals surface area (Å²) in [6.45, 7) is 3.87. The van der Waals surface area contributed by atoms with Crippen molar-refractivity contribution in [3.63, 3.8) is 0 Å². The molecule has 2 amide bonds. The van der Waals surface area contributed by atoms with Gasteiger partial charge in [-0.3, -0.25) is 19.6 Å². The molecule has 5 N–H and O–H groups in total. The zero-order valence-corrected chi connectivity index (χ0v) is 25.0. The van der Waals surface area contributed by atoms with Crippen molar-refractivity contribution in [2.75, 3.05) is 25.0 Å². The molecule has 1 aliphatic heterocycles. The summed E-state index contributed by atoms with van der Waals surface area (Å²) in [5, 5.41) is 21.4. The highest BCUT2D eigenvalue weighted by Gasteiger charge is 2.20. The van der Waals surface area contributed by atoms with E-state index in [0.29, 0.717) is 65.7 Å². The molecule has 0 aliphatic carbocycles. The van der Waals surface area contributed by atoms with Crippen LogP contribution in [0.4, 0.5) is 10.1 Å². The zero-order chi connectivity index (χ0) is 31.1. The fourth-order valence-corrected chi connectivity index (χ4v) is 5.45. The first-order valence-electron chi connectivity index (χ1n) is 14.4. The molecule has 2 aromatic heterocycles. The number of halogens is 2. The highest BCUT2D eigenvalue weighted by atomic mass is 35.5. The molecular formula is C33H34ClFN6O3. The smallest absolute Gasteiger partial charge is 0.274 e. The number of pyridine rings is 2. The lowest BCUT2D eigenvalue weighted by atomic mass is 9.97. The fraction of sp³-hybridized carbons (Fsp3) is 0.273. The maximum Gasteiger partial charge on any atom is 0.274 e. The van der Waals surface area contributed by atoms with E-state index in [9.17, 15) is 9.59 Å². The van der Waals surface area contributed by atoms with Gasteiger partial charge in [0.1, 0.15) is 11.5 Å². The molecule has 11 heteroatoms. The number of rotatable bonds is 12. The van der Waals surface area contributed by atoms with Crippen molar-refractivity contribution < 1.29 is 19.1 Å². The average molecular weight is 617 g/mol. The highest BCUT2D eigenvalue weighted by molar-refractivity contribution is 6.35. The lowest BCUT2D eigenvalue weighted by molar-refractivity contribution is -0.119. The van der Waals surface area contributed by atoms with Crippen LogP contribution in [0.1, 0.15) is 40.0 Å². The number of carbonyl (C=O) groups is 2. The summed E-state index contributed by atoms with van der Waals surface area (Å²) in [7, 11) is 0. The summed E-state index contributed by atoms with van der Waals surface area (Å²) in [6.07, 6.45) is 4.56. The molecule has 1 saturated heterocycles. The van der Waals surface area contributed by atoms with E-state index in [1.165, 1.54) is 6.07 Å². The number of anilines is 1. The Kier molecular flexibility index (Phi) is 10.3. The van der Waals surface area contributed by atoms with Gasteiger partial charge in [-0.05, 0) is 54.3 Å². The molecule has 2 aromatic carbocycles. The number of aliphatic hydroxyl groups is 1. The van der Waals surface area contributed by atoms with Crippen LogP contribution in [-0.4, -0.2) is 52.6 Å². The van der Waals surface area contributed by atoms with Crippen LogP contribution in [0, 0.1) is 12.7 Å². The summed E-state index contributed by atoms with van der Waals surface area (Å²) < 4.78 is 15.1. The summed E-state index contributed by atoms with van der Waals surface area (Å²) in [5.74, 6) is -0.675. The largest absolute Gasteiger partial charge is 0.395 e. The van der Waals surface area contributed by atoms with Gasteiger partial charge in [0, 0.05) is 73.4 Å². The van der Waals surface area contributed by atoms with Crippen molar-refractivity contribution in [2.24, 2.45) is 0 Å². The minimum atomic E-state index is -0.377. The van der Waals surface area contributed by atoms with Crippen molar-refractivity contribution in [3.8, 4) is 22.4 Å². The molecule has 3 heterocycles. The van der Waals surface area contributed by atoms with Gasteiger partial charge >= 0.3 is 0 Å². The standard InChI is InChI=1S/C33H34ClFN6O3/c1-20-25(3-2-4-28(20)41-33(44)29-9-5-21(17-39-29)16-36-13-14-42)26-11-12-38-32(31(26)34)22-6-7-23(27(35)15-22)18-37-19-24-8-10-30(43)40-24/h2-7,9,11-12,15,17,24,36-37,42H,8,10,13-14,16,18-19H2,1H3,(H,40,43)(H,41,44)/t24-/m1/s1. The normalized spacial score (nSPS) is 14.5. The first-order chi connectivity index (χ1) is 21.3. The van der Waals surface area contributed by atoms with Crippen LogP contribution in [-0.2, 0) is 17.9 Å². The van der Waals surface area contributed by atoms with E-state index >= 15 is 4.39 Å². The van der Waals surface area contributed by atoms with Crippen molar-refractivity contribution in [2.45, 2.75) is 38.9 Å². The molecule has 1 atom stereocenters. The van der Waals surface area contributed by atoms with E-state index in [-0.39, 0.29) is 36.0 Å². The number of aromatic nitrogens is 2. The number of benzene rings is 2. The second kappa shape index (κ2) is 14.5. The summed E-state index contributed by atoms with van der Waals surface area (Å²) in [5.41, 5.74) is 5.59. The van der Waals surface area contributed by atoms with Crippen LogP contribution in [0.2, 0.25) is 5.02 Å². The predicted octanol–water partition coefficient (Wildman–Crippen LogP) is 4.61. The Morgan fingerprint density at radius 2 is 1.95 bits per heavy atom. The van der Waals surface area contributed by atoms with E-state index in [2.05, 4.69) is 31.2 Å². The fourth-order valence-electron chi connectivity index (χ4n) is 5.13. The second-order valence-electron chi connectivity index (χ2n) is 10.6. The monoisotopic (exact) mass is 616 g/mol. The van der Waals surface area contributed by atoms with Crippen LogP contribution < -0.4 is 21.3 Å². The Morgan fingerprint density at radius 3 is 2.68 bits per heavy atom. The van der Waals surface area contributed by atoms with Crippen LogP contribution in [0.25, 0.3) is 22.4 Å². The predicted molar refractivity (Wildman–Crippen MR) is 169 cm³/mol. The minimum absolute atomic E-state index is 0.0484. The third-order valence-corrected chi connectivity index (χ3v) is 7.94. The second-order valence-corrected chi connectivity index (χ2v) is 11.0. The van der Waals surface area contributed by atoms with E-state index in [4.69, 9.17) is 16.7 Å². The van der Waals surface area contributed by atoms with Crippen molar-refractivity contribution in [1.82, 2.24) is 25.9 Å². The summed E-state index contributed by atoms with van der Waals surface area (Å²) in [6, 6.07) is 15.8. The Labute approximate surface area is 260 Å². The molecule has 9 nitrogen and oxygen atoms in total. The van der Waals surface area contributed by atoms with E-state index < -0.39 is 0 Å². The van der Waals surface area contributed by atoms with Gasteiger partial charge in [-0.1, -0.05) is 41.9 Å². The van der Waals surface area contributed by atoms with Crippen LogP contribution in [0.3, 0.4) is 0 Å². The molecule has 5 rings (SSSR count). The molecule has 0 radical (unpaired) electrons. The number of hydrogen-bond acceptors (Lipinski definition) is 7. The average Bonchev–Trinajstić information content (AvgIpc) is 3.44. The Hall–Kier alpha value is -4.22. The first kappa shape index (κ1) is 31.2. The van der Waals surface area contributed by atoms with Gasteiger partial charge in [-0.25, -0.2) is 4.39 Å². The van der Waals surface area contributed by atoms with Crippen molar-refractivity contribution >= 4 is 29.1 Å². The third kappa shape index (κ3) is 7.46. The molecule has 0 bridgehead atoms. The number of nitrogens with one attached hydrogen (secondary N) is 4. The maximum atomic E-state index is 15.1. The number of hydrogen-bond donors (Lipinski definition) is 5. The third-order valence-electron chi connectivity index (χ3n) is 7.55. The number of aliphatic hydroxyl groups excluding tert-OH is 1. The quantitative estimate of drug-likeness (QED) is 0.147. The van der Waals surface area contributed by atoms with Gasteiger partial charge in [-0.15, -0.1) is 0 Å². The molecule has 44 heavy (non-hydrogen) atoms. The Balaban J connectivity index is 1.30. The molecule has 4 aromatic rings. The van der Waals surface area contributed by atoms with Gasteiger partial charge in [0.05, 0.1) is 17.3 Å². The number of nitrogens with zero attached hydrogens (tertiary/aromatic N) is 2. The molecule has 1 fully saturated rings. The summed E-state index contributed by atoms with van der Waals surface area (Å²) in [4.78, 5) is 33.1. The lowest BCUT2D eigenvalue weighted by Gasteiger charge is -2.15. The molecule has 1 aliphatic rings. The molecule has 0 unspecified atom stereocenters. The topological polar surface area (TPSA) is 128 Å². The molecular weight excluding hydrogens is 583 g/mol. The van der Waals surface area contributed by atoms with E-state index in [1.807, 2.05) is 31.2 Å². The number of carbonyl (C=O) groups excluding carboxylic acids is 2. The van der Waals surface area contributed by atoms with Gasteiger partial charge < -0.3 is 26.4 Å². The van der Waals surface area contributed by atoms with Crippen LogP contribution in [0.15, 0.2) is 67.0 Å². The van der Waals surface area contributed by atoms with Crippen molar-refractivity contribution in [3.05, 3.63) is 100 Å². The van der Waals surface area contributed by atoms with E-state index in [1.54, 1.807) is 36.7 Å².